The van der Waals surface area contributed by atoms with E-state index in [4.69, 9.17) is 0 Å². The molecule has 2 heterocycles. The molecule has 9 heteroatoms. The van der Waals surface area contributed by atoms with E-state index in [1.165, 1.54) is 23.9 Å². The number of halogens is 3. The van der Waals surface area contributed by atoms with E-state index in [0.29, 0.717) is 10.8 Å². The van der Waals surface area contributed by atoms with Gasteiger partial charge in [-0.1, -0.05) is 18.2 Å². The molecule has 2 aromatic rings. The summed E-state index contributed by atoms with van der Waals surface area (Å²) >= 11 is 1.31. The van der Waals surface area contributed by atoms with Gasteiger partial charge in [0.25, 0.3) is 0 Å². The van der Waals surface area contributed by atoms with Crippen molar-refractivity contribution in [3.8, 4) is 0 Å². The summed E-state index contributed by atoms with van der Waals surface area (Å²) in [7, 11) is 0. The highest BCUT2D eigenvalue weighted by atomic mass is 32.2. The lowest BCUT2D eigenvalue weighted by molar-refractivity contribution is -0.137. The van der Waals surface area contributed by atoms with Crippen LogP contribution in [0.1, 0.15) is 37.6 Å². The Morgan fingerprint density at radius 1 is 1.19 bits per heavy atom. The average Bonchev–Trinajstić information content (AvgIpc) is 2.81. The molecule has 1 amide bonds. The number of thioether (sulfide) groups is 1. The fourth-order valence-corrected chi connectivity index (χ4v) is 3.64. The van der Waals surface area contributed by atoms with Crippen molar-refractivity contribution in [2.45, 2.75) is 55.7 Å². The molecule has 1 aromatic carbocycles. The van der Waals surface area contributed by atoms with Crippen LogP contribution < -0.4 is 5.32 Å². The Labute approximate surface area is 153 Å². The van der Waals surface area contributed by atoms with Gasteiger partial charge in [-0.3, -0.25) is 4.79 Å². The van der Waals surface area contributed by atoms with Crippen molar-refractivity contribution in [2.24, 2.45) is 0 Å². The monoisotopic (exact) mass is 384 g/mol. The number of amides is 1. The first kappa shape index (κ1) is 18.8. The Kier molecular flexibility index (Phi) is 5.55. The maximum absolute atomic E-state index is 12.6. The zero-order valence-electron chi connectivity index (χ0n) is 14.2. The second kappa shape index (κ2) is 7.69. The number of hydrogen-bond acceptors (Lipinski definition) is 4. The van der Waals surface area contributed by atoms with Crippen molar-refractivity contribution in [1.29, 1.82) is 0 Å². The minimum atomic E-state index is -4.39. The predicted molar refractivity (Wildman–Crippen MR) is 93.0 cm³/mol. The van der Waals surface area contributed by atoms with Crippen LogP contribution in [-0.4, -0.2) is 25.9 Å². The third-order valence-electron chi connectivity index (χ3n) is 4.21. The van der Waals surface area contributed by atoms with Crippen LogP contribution in [-0.2, 0) is 23.9 Å². The first-order valence-corrected chi connectivity index (χ1v) is 9.29. The predicted octanol–water partition coefficient (Wildman–Crippen LogP) is 4.14. The molecule has 1 aliphatic heterocycles. The molecule has 26 heavy (non-hydrogen) atoms. The Balaban J connectivity index is 1.62. The van der Waals surface area contributed by atoms with Crippen LogP contribution in [0, 0.1) is 0 Å². The molecule has 0 radical (unpaired) electrons. The molecule has 0 saturated carbocycles. The fraction of sp³-hybridized carbons (Fsp3) is 0.471. The molecule has 5 nitrogen and oxygen atoms in total. The van der Waals surface area contributed by atoms with Gasteiger partial charge in [-0.2, -0.15) is 13.2 Å². The number of carbonyl (C=O) groups excluding carboxylic acids is 1. The van der Waals surface area contributed by atoms with Gasteiger partial charge in [0.2, 0.25) is 5.91 Å². The second-order valence-corrected chi connectivity index (χ2v) is 7.49. The van der Waals surface area contributed by atoms with Gasteiger partial charge in [-0.05, 0) is 44.0 Å². The van der Waals surface area contributed by atoms with Crippen molar-refractivity contribution in [3.63, 3.8) is 0 Å². The van der Waals surface area contributed by atoms with Gasteiger partial charge in [0.15, 0.2) is 5.16 Å². The Bertz CT molecular complexity index is 773. The minimum Gasteiger partial charge on any atom is -0.325 e. The van der Waals surface area contributed by atoms with E-state index in [9.17, 15) is 18.0 Å². The molecule has 1 N–H and O–H groups in total. The molecule has 0 bridgehead atoms. The summed E-state index contributed by atoms with van der Waals surface area (Å²) in [6.45, 7) is 2.58. The first-order chi connectivity index (χ1) is 12.3. The molecule has 3 rings (SSSR count). The maximum atomic E-state index is 12.6. The van der Waals surface area contributed by atoms with E-state index in [0.717, 1.165) is 50.2 Å². The number of nitrogens with zero attached hydrogens (tertiary/aromatic N) is 3. The highest BCUT2D eigenvalue weighted by Gasteiger charge is 2.30. The lowest BCUT2D eigenvalue weighted by Crippen LogP contribution is -2.23. The summed E-state index contributed by atoms with van der Waals surface area (Å²) in [6.07, 6.45) is -0.203. The number of anilines is 1. The van der Waals surface area contributed by atoms with Crippen LogP contribution in [0.5, 0.6) is 0 Å². The van der Waals surface area contributed by atoms with Crippen molar-refractivity contribution >= 4 is 23.4 Å². The first-order valence-electron chi connectivity index (χ1n) is 8.41. The topological polar surface area (TPSA) is 59.8 Å². The van der Waals surface area contributed by atoms with Crippen molar-refractivity contribution in [3.05, 3.63) is 35.7 Å². The molecular weight excluding hydrogens is 365 g/mol. The number of fused-ring (bicyclic) bond motifs is 1. The number of rotatable bonds is 4. The standard InChI is InChI=1S/C17H19F3N4OS/c1-11(26-16-23-22-14-5-3-2-4-10-24(14)16)15(25)21-13-8-6-12(7-9-13)17(18,19)20/h6-9,11H,2-5,10H2,1H3,(H,21,25)/t11-/m0/s1. The minimum absolute atomic E-state index is 0.291. The molecule has 0 saturated heterocycles. The van der Waals surface area contributed by atoms with Gasteiger partial charge in [0, 0.05) is 18.7 Å². The molecule has 1 aliphatic rings. The molecule has 0 aliphatic carbocycles. The van der Waals surface area contributed by atoms with Crippen LogP contribution in [0.2, 0.25) is 0 Å². The van der Waals surface area contributed by atoms with Crippen molar-refractivity contribution in [2.75, 3.05) is 5.32 Å². The summed E-state index contributed by atoms with van der Waals surface area (Å²) < 4.78 is 39.8. The van der Waals surface area contributed by atoms with Crippen LogP contribution in [0.25, 0.3) is 0 Å². The molecule has 0 fully saturated rings. The Morgan fingerprint density at radius 2 is 1.92 bits per heavy atom. The van der Waals surface area contributed by atoms with Crippen LogP contribution >= 0.6 is 11.8 Å². The van der Waals surface area contributed by atoms with Crippen LogP contribution in [0.15, 0.2) is 29.4 Å². The summed E-state index contributed by atoms with van der Waals surface area (Å²) in [6, 6.07) is 4.40. The van der Waals surface area contributed by atoms with Crippen LogP contribution in [0.3, 0.4) is 0 Å². The molecule has 0 unspecified atom stereocenters. The Hall–Kier alpha value is -2.03. The highest BCUT2D eigenvalue weighted by Crippen LogP contribution is 2.30. The summed E-state index contributed by atoms with van der Waals surface area (Å²) in [5, 5.41) is 11.3. The van der Waals surface area contributed by atoms with Gasteiger partial charge < -0.3 is 9.88 Å². The molecule has 140 valence electrons. The molecular formula is C17H19F3N4OS. The smallest absolute Gasteiger partial charge is 0.325 e. The van der Waals surface area contributed by atoms with Gasteiger partial charge in [0.05, 0.1) is 10.8 Å². The van der Waals surface area contributed by atoms with E-state index < -0.39 is 17.0 Å². The van der Waals surface area contributed by atoms with E-state index in [-0.39, 0.29) is 5.91 Å². The van der Waals surface area contributed by atoms with Gasteiger partial charge >= 0.3 is 6.18 Å². The van der Waals surface area contributed by atoms with E-state index in [1.807, 2.05) is 0 Å². The Morgan fingerprint density at radius 3 is 2.62 bits per heavy atom. The van der Waals surface area contributed by atoms with Gasteiger partial charge in [0.1, 0.15) is 5.82 Å². The average molecular weight is 384 g/mol. The lowest BCUT2D eigenvalue weighted by Gasteiger charge is -2.13. The maximum Gasteiger partial charge on any atom is 0.416 e. The normalized spacial score (nSPS) is 15.8. The summed E-state index contributed by atoms with van der Waals surface area (Å²) in [5.41, 5.74) is -0.417. The van der Waals surface area contributed by atoms with Gasteiger partial charge in [-0.25, -0.2) is 0 Å². The summed E-state index contributed by atoms with van der Waals surface area (Å²) in [4.78, 5) is 12.3. The van der Waals surface area contributed by atoms with E-state index in [2.05, 4.69) is 20.1 Å². The number of hydrogen-bond donors (Lipinski definition) is 1. The second-order valence-electron chi connectivity index (χ2n) is 6.19. The van der Waals surface area contributed by atoms with Crippen molar-refractivity contribution in [1.82, 2.24) is 14.8 Å². The van der Waals surface area contributed by atoms with E-state index >= 15 is 0 Å². The zero-order valence-corrected chi connectivity index (χ0v) is 15.0. The van der Waals surface area contributed by atoms with Crippen molar-refractivity contribution < 1.29 is 18.0 Å². The lowest BCUT2D eigenvalue weighted by atomic mass is 10.2. The number of aromatic nitrogens is 3. The number of alkyl halides is 3. The highest BCUT2D eigenvalue weighted by molar-refractivity contribution is 8.00. The summed E-state index contributed by atoms with van der Waals surface area (Å²) in [5.74, 6) is 0.654. The third-order valence-corrected chi connectivity index (χ3v) is 5.29. The number of nitrogens with one attached hydrogen (secondary N) is 1. The fourth-order valence-electron chi connectivity index (χ4n) is 2.74. The number of aryl methyl sites for hydroxylation is 1. The number of carbonyl (C=O) groups is 1. The third kappa shape index (κ3) is 4.38. The van der Waals surface area contributed by atoms with Crippen LogP contribution in [0.4, 0.5) is 18.9 Å². The quantitative estimate of drug-likeness (QED) is 0.805. The zero-order chi connectivity index (χ0) is 18.7. The molecule has 1 atom stereocenters. The SMILES string of the molecule is C[C@H](Sc1nnc2n1CCCCC2)C(=O)Nc1ccc(C(F)(F)F)cc1. The molecule has 1 aromatic heterocycles. The van der Waals surface area contributed by atoms with E-state index in [1.54, 1.807) is 6.92 Å². The molecule has 0 spiro atoms. The number of benzene rings is 1. The largest absolute Gasteiger partial charge is 0.416 e. The van der Waals surface area contributed by atoms with Gasteiger partial charge in [-0.15, -0.1) is 10.2 Å².